The molecular formula is C19H17F4N3O3. The SMILES string of the molecule is CN(CC(=O)Nc1ccc(F)cc1)C(=O)CNC(=O)c1ccc(C(F)(F)F)cc1. The van der Waals surface area contributed by atoms with E-state index in [1.807, 2.05) is 0 Å². The predicted octanol–water partition coefficient (Wildman–Crippen LogP) is 2.67. The summed E-state index contributed by atoms with van der Waals surface area (Å²) in [5.74, 6) is -2.30. The van der Waals surface area contributed by atoms with Gasteiger partial charge in [-0.3, -0.25) is 14.4 Å². The first-order chi connectivity index (χ1) is 13.6. The van der Waals surface area contributed by atoms with Crippen molar-refractivity contribution in [3.8, 4) is 0 Å². The lowest BCUT2D eigenvalue weighted by Crippen LogP contribution is -2.41. The zero-order valence-electron chi connectivity index (χ0n) is 15.2. The van der Waals surface area contributed by atoms with Gasteiger partial charge in [-0.05, 0) is 48.5 Å². The first-order valence-electron chi connectivity index (χ1n) is 8.31. The van der Waals surface area contributed by atoms with Gasteiger partial charge in [0.2, 0.25) is 11.8 Å². The third kappa shape index (κ3) is 6.59. The molecule has 0 fully saturated rings. The van der Waals surface area contributed by atoms with Gasteiger partial charge in [0.25, 0.3) is 5.91 Å². The normalized spacial score (nSPS) is 10.9. The third-order valence-corrected chi connectivity index (χ3v) is 3.81. The fourth-order valence-electron chi connectivity index (χ4n) is 2.24. The van der Waals surface area contributed by atoms with E-state index in [1.165, 1.54) is 31.3 Å². The van der Waals surface area contributed by atoms with Crippen molar-refractivity contribution in [3.63, 3.8) is 0 Å². The van der Waals surface area contributed by atoms with E-state index in [0.717, 1.165) is 29.2 Å². The molecule has 2 aromatic carbocycles. The second-order valence-electron chi connectivity index (χ2n) is 6.06. The van der Waals surface area contributed by atoms with Crippen molar-refractivity contribution in [3.05, 3.63) is 65.5 Å². The van der Waals surface area contributed by atoms with E-state index in [4.69, 9.17) is 0 Å². The van der Waals surface area contributed by atoms with E-state index in [0.29, 0.717) is 5.69 Å². The van der Waals surface area contributed by atoms with Crippen LogP contribution >= 0.6 is 0 Å². The summed E-state index contributed by atoms with van der Waals surface area (Å²) < 4.78 is 50.4. The van der Waals surface area contributed by atoms with Gasteiger partial charge < -0.3 is 15.5 Å². The molecule has 0 aliphatic heterocycles. The van der Waals surface area contributed by atoms with Gasteiger partial charge in [0.15, 0.2) is 0 Å². The van der Waals surface area contributed by atoms with Crippen molar-refractivity contribution in [1.82, 2.24) is 10.2 Å². The maximum Gasteiger partial charge on any atom is 0.416 e. The van der Waals surface area contributed by atoms with Crippen LogP contribution in [0.15, 0.2) is 48.5 Å². The van der Waals surface area contributed by atoms with Gasteiger partial charge in [0.1, 0.15) is 5.82 Å². The monoisotopic (exact) mass is 411 g/mol. The van der Waals surface area contributed by atoms with Crippen molar-refractivity contribution in [2.75, 3.05) is 25.5 Å². The van der Waals surface area contributed by atoms with E-state index in [2.05, 4.69) is 10.6 Å². The molecule has 0 heterocycles. The Balaban J connectivity index is 1.82. The summed E-state index contributed by atoms with van der Waals surface area (Å²) in [6.07, 6.45) is -4.51. The summed E-state index contributed by atoms with van der Waals surface area (Å²) in [5, 5.41) is 4.77. The number of benzene rings is 2. The zero-order chi connectivity index (χ0) is 21.6. The molecule has 0 aliphatic rings. The highest BCUT2D eigenvalue weighted by molar-refractivity contribution is 5.98. The highest BCUT2D eigenvalue weighted by Crippen LogP contribution is 2.29. The lowest BCUT2D eigenvalue weighted by atomic mass is 10.1. The molecule has 0 aliphatic carbocycles. The fourth-order valence-corrected chi connectivity index (χ4v) is 2.24. The van der Waals surface area contributed by atoms with Crippen molar-refractivity contribution >= 4 is 23.4 Å². The molecule has 6 nitrogen and oxygen atoms in total. The number of nitrogens with zero attached hydrogens (tertiary/aromatic N) is 1. The molecule has 0 saturated heterocycles. The minimum Gasteiger partial charge on any atom is -0.343 e. The lowest BCUT2D eigenvalue weighted by molar-refractivity contribution is -0.137. The number of halogens is 4. The molecule has 0 radical (unpaired) electrons. The molecule has 2 rings (SSSR count). The van der Waals surface area contributed by atoms with E-state index < -0.39 is 41.8 Å². The smallest absolute Gasteiger partial charge is 0.343 e. The Morgan fingerprint density at radius 2 is 1.55 bits per heavy atom. The van der Waals surface area contributed by atoms with Gasteiger partial charge in [0.05, 0.1) is 18.7 Å². The van der Waals surface area contributed by atoms with Crippen molar-refractivity contribution in [1.29, 1.82) is 0 Å². The van der Waals surface area contributed by atoms with Crippen LogP contribution in [-0.2, 0) is 15.8 Å². The Hall–Kier alpha value is -3.43. The summed E-state index contributed by atoms with van der Waals surface area (Å²) in [6.45, 7) is -0.757. The van der Waals surface area contributed by atoms with E-state index in [9.17, 15) is 31.9 Å². The third-order valence-electron chi connectivity index (χ3n) is 3.81. The summed E-state index contributed by atoms with van der Waals surface area (Å²) in [6, 6.07) is 8.59. The van der Waals surface area contributed by atoms with Crippen LogP contribution in [0, 0.1) is 5.82 Å². The Morgan fingerprint density at radius 1 is 0.966 bits per heavy atom. The summed E-state index contributed by atoms with van der Waals surface area (Å²) in [5.41, 5.74) is -0.576. The van der Waals surface area contributed by atoms with Crippen molar-refractivity contribution < 1.29 is 31.9 Å². The van der Waals surface area contributed by atoms with Gasteiger partial charge in [-0.1, -0.05) is 0 Å². The number of anilines is 1. The summed E-state index contributed by atoms with van der Waals surface area (Å²) in [7, 11) is 1.34. The molecule has 0 atom stereocenters. The maximum absolute atomic E-state index is 12.8. The van der Waals surface area contributed by atoms with Crippen LogP contribution in [0.25, 0.3) is 0 Å². The van der Waals surface area contributed by atoms with Crippen molar-refractivity contribution in [2.24, 2.45) is 0 Å². The number of hydrogen-bond acceptors (Lipinski definition) is 3. The van der Waals surface area contributed by atoms with Crippen LogP contribution in [0.3, 0.4) is 0 Å². The molecule has 0 bridgehead atoms. The van der Waals surface area contributed by atoms with Crippen LogP contribution in [0.2, 0.25) is 0 Å². The van der Waals surface area contributed by atoms with Crippen LogP contribution in [0.4, 0.5) is 23.2 Å². The minimum atomic E-state index is -4.51. The molecule has 2 N–H and O–H groups in total. The second-order valence-corrected chi connectivity index (χ2v) is 6.06. The van der Waals surface area contributed by atoms with Gasteiger partial charge in [-0.15, -0.1) is 0 Å². The van der Waals surface area contributed by atoms with Gasteiger partial charge in [-0.2, -0.15) is 13.2 Å². The van der Waals surface area contributed by atoms with Crippen molar-refractivity contribution in [2.45, 2.75) is 6.18 Å². The minimum absolute atomic E-state index is 0.0393. The van der Waals surface area contributed by atoms with E-state index in [-0.39, 0.29) is 12.1 Å². The Bertz CT molecular complexity index is 881. The predicted molar refractivity (Wildman–Crippen MR) is 96.4 cm³/mol. The number of alkyl halides is 3. The zero-order valence-corrected chi connectivity index (χ0v) is 15.2. The quantitative estimate of drug-likeness (QED) is 0.718. The molecule has 0 aromatic heterocycles. The number of carbonyl (C=O) groups is 3. The largest absolute Gasteiger partial charge is 0.416 e. The Morgan fingerprint density at radius 3 is 2.10 bits per heavy atom. The Kier molecular flexibility index (Phi) is 6.92. The highest BCUT2D eigenvalue weighted by atomic mass is 19.4. The molecule has 3 amide bonds. The molecule has 154 valence electrons. The van der Waals surface area contributed by atoms with Crippen LogP contribution in [0.1, 0.15) is 15.9 Å². The van der Waals surface area contributed by atoms with Crippen LogP contribution in [0.5, 0.6) is 0 Å². The molecule has 0 saturated carbocycles. The fraction of sp³-hybridized carbons (Fsp3) is 0.211. The number of amides is 3. The van der Waals surface area contributed by atoms with Gasteiger partial charge >= 0.3 is 6.18 Å². The topological polar surface area (TPSA) is 78.5 Å². The lowest BCUT2D eigenvalue weighted by Gasteiger charge is -2.17. The number of nitrogens with one attached hydrogen (secondary N) is 2. The first-order valence-corrected chi connectivity index (χ1v) is 8.31. The first kappa shape index (κ1) is 21.9. The number of carbonyl (C=O) groups excluding carboxylic acids is 3. The van der Waals surface area contributed by atoms with Gasteiger partial charge in [0, 0.05) is 18.3 Å². The van der Waals surface area contributed by atoms with E-state index >= 15 is 0 Å². The molecule has 10 heteroatoms. The number of hydrogen-bond donors (Lipinski definition) is 2. The summed E-state index contributed by atoms with van der Waals surface area (Å²) in [4.78, 5) is 36.9. The van der Waals surface area contributed by atoms with Crippen LogP contribution in [-0.4, -0.2) is 42.8 Å². The molecule has 0 spiro atoms. The number of likely N-dealkylation sites (N-methyl/N-ethyl adjacent to an activating group) is 1. The molecular weight excluding hydrogens is 394 g/mol. The molecule has 0 unspecified atom stereocenters. The summed E-state index contributed by atoms with van der Waals surface area (Å²) >= 11 is 0. The van der Waals surface area contributed by atoms with Crippen LogP contribution < -0.4 is 10.6 Å². The molecule has 2 aromatic rings. The standard InChI is InChI=1S/C19H17F4N3O3/c1-26(11-16(27)25-15-8-6-14(20)7-9-15)17(28)10-24-18(29)12-2-4-13(5-3-12)19(21,22)23/h2-9H,10-11H2,1H3,(H,24,29)(H,25,27). The number of rotatable bonds is 6. The second kappa shape index (κ2) is 9.18. The average Bonchev–Trinajstić information content (AvgIpc) is 2.67. The highest BCUT2D eigenvalue weighted by Gasteiger charge is 2.30. The average molecular weight is 411 g/mol. The maximum atomic E-state index is 12.8. The Labute approximate surface area is 163 Å². The van der Waals surface area contributed by atoms with E-state index in [1.54, 1.807) is 0 Å². The molecule has 29 heavy (non-hydrogen) atoms. The van der Waals surface area contributed by atoms with Gasteiger partial charge in [-0.25, -0.2) is 4.39 Å².